The second-order valence-corrected chi connectivity index (χ2v) is 4.12. The van der Waals surface area contributed by atoms with Crippen LogP contribution in [0.15, 0.2) is 0 Å². The van der Waals surface area contributed by atoms with Gasteiger partial charge in [-0.2, -0.15) is 0 Å². The topological polar surface area (TPSA) is 43.8 Å². The van der Waals surface area contributed by atoms with Crippen molar-refractivity contribution in [3.63, 3.8) is 0 Å². The predicted molar refractivity (Wildman–Crippen MR) is 55.5 cm³/mol. The van der Waals surface area contributed by atoms with Gasteiger partial charge in [0.15, 0.2) is 0 Å². The normalized spacial score (nSPS) is 24.3. The number of hydrogen-bond acceptors (Lipinski definition) is 2. The van der Waals surface area contributed by atoms with Gasteiger partial charge in [-0.15, -0.1) is 0 Å². The average molecular weight is 200 g/mol. The van der Waals surface area contributed by atoms with Gasteiger partial charge in [0.2, 0.25) is 0 Å². The van der Waals surface area contributed by atoms with Crippen molar-refractivity contribution in [3.05, 3.63) is 0 Å². The van der Waals surface area contributed by atoms with E-state index in [-0.39, 0.29) is 0 Å². The minimum Gasteiger partial charge on any atom is -0.465 e. The molecule has 82 valence electrons. The van der Waals surface area contributed by atoms with Crippen molar-refractivity contribution in [2.24, 2.45) is 0 Å². The highest BCUT2D eigenvalue weighted by Gasteiger charge is 2.29. The fourth-order valence-corrected chi connectivity index (χ4v) is 2.09. The molecule has 1 unspecified atom stereocenters. The van der Waals surface area contributed by atoms with Crippen LogP contribution in [0.5, 0.6) is 0 Å². The van der Waals surface area contributed by atoms with Crippen LogP contribution in [-0.4, -0.2) is 52.7 Å². The van der Waals surface area contributed by atoms with Crippen LogP contribution in [0, 0.1) is 0 Å². The molecular formula is C10H20N2O2. The van der Waals surface area contributed by atoms with E-state index in [0.717, 1.165) is 13.0 Å². The molecule has 1 rings (SSSR count). The molecule has 4 heteroatoms. The van der Waals surface area contributed by atoms with Gasteiger partial charge in [0.1, 0.15) is 0 Å². The van der Waals surface area contributed by atoms with Crippen LogP contribution in [0.2, 0.25) is 0 Å². The van der Waals surface area contributed by atoms with Crippen molar-refractivity contribution >= 4 is 6.09 Å². The summed E-state index contributed by atoms with van der Waals surface area (Å²) in [5, 5.41) is 8.88. The lowest BCUT2D eigenvalue weighted by atomic mass is 10.1. The van der Waals surface area contributed by atoms with Crippen LogP contribution in [0.4, 0.5) is 4.79 Å². The minimum atomic E-state index is -0.785. The molecule has 0 spiro atoms. The molecule has 0 bridgehead atoms. The lowest BCUT2D eigenvalue weighted by molar-refractivity contribution is 0.0490. The Kier molecular flexibility index (Phi) is 3.75. The number of amides is 1. The van der Waals surface area contributed by atoms with E-state index in [9.17, 15) is 4.79 Å². The van der Waals surface area contributed by atoms with Crippen LogP contribution in [0.3, 0.4) is 0 Å². The molecule has 0 radical (unpaired) electrons. The molecule has 1 fully saturated rings. The Morgan fingerprint density at radius 2 is 2.14 bits per heavy atom. The summed E-state index contributed by atoms with van der Waals surface area (Å²) >= 11 is 0. The molecule has 1 aliphatic heterocycles. The maximum absolute atomic E-state index is 10.8. The highest BCUT2D eigenvalue weighted by Crippen LogP contribution is 2.15. The summed E-state index contributed by atoms with van der Waals surface area (Å²) in [6.07, 6.45) is 0.231. The number of rotatable bonds is 2. The van der Waals surface area contributed by atoms with Gasteiger partial charge in [-0.25, -0.2) is 4.79 Å². The van der Waals surface area contributed by atoms with E-state index in [4.69, 9.17) is 5.11 Å². The van der Waals surface area contributed by atoms with Gasteiger partial charge in [-0.1, -0.05) is 6.92 Å². The van der Waals surface area contributed by atoms with Gasteiger partial charge in [0.05, 0.1) is 0 Å². The maximum Gasteiger partial charge on any atom is 0.407 e. The number of carbonyl (C=O) groups is 1. The SMILES string of the molecule is CCC1CN(C(=O)O)CCN1C(C)C. The van der Waals surface area contributed by atoms with E-state index < -0.39 is 6.09 Å². The van der Waals surface area contributed by atoms with E-state index in [1.165, 1.54) is 4.90 Å². The Morgan fingerprint density at radius 3 is 2.57 bits per heavy atom. The summed E-state index contributed by atoms with van der Waals surface area (Å²) in [4.78, 5) is 14.7. The molecule has 4 nitrogen and oxygen atoms in total. The zero-order valence-corrected chi connectivity index (χ0v) is 9.23. The van der Waals surface area contributed by atoms with Gasteiger partial charge in [0, 0.05) is 31.7 Å². The second-order valence-electron chi connectivity index (χ2n) is 4.12. The van der Waals surface area contributed by atoms with Crippen molar-refractivity contribution < 1.29 is 9.90 Å². The van der Waals surface area contributed by atoms with Gasteiger partial charge in [-0.05, 0) is 20.3 Å². The molecule has 1 N–H and O–H groups in total. The molecule has 0 aromatic carbocycles. The Labute approximate surface area is 85.5 Å². The Morgan fingerprint density at radius 1 is 1.50 bits per heavy atom. The lowest BCUT2D eigenvalue weighted by Crippen LogP contribution is -2.56. The smallest absolute Gasteiger partial charge is 0.407 e. The molecule has 1 amide bonds. The average Bonchev–Trinajstić information content (AvgIpc) is 2.16. The number of carboxylic acid groups (broad SMARTS) is 1. The first-order chi connectivity index (χ1) is 6.56. The second kappa shape index (κ2) is 4.64. The summed E-state index contributed by atoms with van der Waals surface area (Å²) in [6, 6.07) is 0.899. The first-order valence-corrected chi connectivity index (χ1v) is 5.29. The quantitative estimate of drug-likeness (QED) is 0.734. The summed E-state index contributed by atoms with van der Waals surface area (Å²) in [5.74, 6) is 0. The third-order valence-corrected chi connectivity index (χ3v) is 2.93. The van der Waals surface area contributed by atoms with Crippen LogP contribution in [0.1, 0.15) is 27.2 Å². The lowest BCUT2D eigenvalue weighted by Gasteiger charge is -2.42. The third kappa shape index (κ3) is 2.38. The van der Waals surface area contributed by atoms with E-state index in [0.29, 0.717) is 25.2 Å². The molecule has 14 heavy (non-hydrogen) atoms. The van der Waals surface area contributed by atoms with Crippen molar-refractivity contribution in [2.45, 2.75) is 39.3 Å². The van der Waals surface area contributed by atoms with Crippen LogP contribution in [-0.2, 0) is 0 Å². The monoisotopic (exact) mass is 200 g/mol. The van der Waals surface area contributed by atoms with Crippen molar-refractivity contribution in [1.29, 1.82) is 0 Å². The first kappa shape index (κ1) is 11.3. The molecule has 0 aromatic rings. The van der Waals surface area contributed by atoms with Gasteiger partial charge in [-0.3, -0.25) is 4.90 Å². The molecule has 0 aliphatic carbocycles. The molecule has 1 aliphatic rings. The van der Waals surface area contributed by atoms with Crippen LogP contribution < -0.4 is 0 Å². The first-order valence-electron chi connectivity index (χ1n) is 5.29. The van der Waals surface area contributed by atoms with E-state index in [1.54, 1.807) is 0 Å². The van der Waals surface area contributed by atoms with Crippen LogP contribution >= 0.6 is 0 Å². The maximum atomic E-state index is 10.8. The Hall–Kier alpha value is -0.770. The van der Waals surface area contributed by atoms with E-state index in [1.807, 2.05) is 0 Å². The molecular weight excluding hydrogens is 180 g/mol. The largest absolute Gasteiger partial charge is 0.465 e. The third-order valence-electron chi connectivity index (χ3n) is 2.93. The van der Waals surface area contributed by atoms with E-state index in [2.05, 4.69) is 25.7 Å². The summed E-state index contributed by atoms with van der Waals surface area (Å²) < 4.78 is 0. The number of hydrogen-bond donors (Lipinski definition) is 1. The molecule has 1 heterocycles. The molecule has 1 atom stereocenters. The minimum absolute atomic E-state index is 0.389. The highest BCUT2D eigenvalue weighted by molar-refractivity contribution is 5.65. The van der Waals surface area contributed by atoms with Gasteiger partial charge in [0.25, 0.3) is 0 Å². The van der Waals surface area contributed by atoms with Crippen LogP contribution in [0.25, 0.3) is 0 Å². The number of piperazine rings is 1. The standard InChI is InChI=1S/C10H20N2O2/c1-4-9-7-11(10(13)14)5-6-12(9)8(2)3/h8-9H,4-7H2,1-3H3,(H,13,14). The molecule has 0 aromatic heterocycles. The summed E-state index contributed by atoms with van der Waals surface area (Å²) in [7, 11) is 0. The van der Waals surface area contributed by atoms with Crippen molar-refractivity contribution in [1.82, 2.24) is 9.80 Å². The summed E-state index contributed by atoms with van der Waals surface area (Å²) in [5.41, 5.74) is 0. The van der Waals surface area contributed by atoms with Gasteiger partial charge < -0.3 is 10.0 Å². The van der Waals surface area contributed by atoms with Crippen molar-refractivity contribution in [3.8, 4) is 0 Å². The van der Waals surface area contributed by atoms with Gasteiger partial charge >= 0.3 is 6.09 Å². The summed E-state index contributed by atoms with van der Waals surface area (Å²) in [6.45, 7) is 8.61. The fraction of sp³-hybridized carbons (Fsp3) is 0.900. The fourth-order valence-electron chi connectivity index (χ4n) is 2.09. The molecule has 0 saturated carbocycles. The zero-order chi connectivity index (χ0) is 10.7. The zero-order valence-electron chi connectivity index (χ0n) is 9.23. The van der Waals surface area contributed by atoms with Crippen molar-refractivity contribution in [2.75, 3.05) is 19.6 Å². The molecule has 1 saturated heterocycles. The predicted octanol–water partition coefficient (Wildman–Crippen LogP) is 1.47. The highest BCUT2D eigenvalue weighted by atomic mass is 16.4. The Balaban J connectivity index is 2.59. The number of nitrogens with zero attached hydrogens (tertiary/aromatic N) is 2. The Bertz CT molecular complexity index is 206. The van der Waals surface area contributed by atoms with E-state index >= 15 is 0 Å².